The highest BCUT2D eigenvalue weighted by molar-refractivity contribution is 9.10. The number of carbonyl (C=O) groups is 1. The van der Waals surface area contributed by atoms with Gasteiger partial charge >= 0.3 is 6.18 Å². The van der Waals surface area contributed by atoms with E-state index >= 15 is 0 Å². The van der Waals surface area contributed by atoms with Crippen molar-refractivity contribution in [3.8, 4) is 5.69 Å². The number of ether oxygens (including phenoxy) is 1. The Bertz CT molecular complexity index is 978. The zero-order valence-electron chi connectivity index (χ0n) is 13.8. The maximum absolute atomic E-state index is 13.3. The van der Waals surface area contributed by atoms with Gasteiger partial charge in [-0.3, -0.25) is 4.79 Å². The summed E-state index contributed by atoms with van der Waals surface area (Å²) in [4.78, 5) is 11.5. The summed E-state index contributed by atoms with van der Waals surface area (Å²) in [6.07, 6.45) is -0.647. The van der Waals surface area contributed by atoms with Gasteiger partial charge in [-0.15, -0.1) is 0 Å². The van der Waals surface area contributed by atoms with Crippen LogP contribution in [-0.4, -0.2) is 22.3 Å². The van der Waals surface area contributed by atoms with Crippen molar-refractivity contribution in [2.45, 2.75) is 18.5 Å². The van der Waals surface area contributed by atoms with Gasteiger partial charge in [0, 0.05) is 10.4 Å². The molecule has 1 aliphatic carbocycles. The molecule has 2 aromatic rings. The van der Waals surface area contributed by atoms with Crippen LogP contribution < -0.4 is 5.32 Å². The molecule has 1 aliphatic heterocycles. The summed E-state index contributed by atoms with van der Waals surface area (Å²) in [7, 11) is 0. The molecule has 0 radical (unpaired) electrons. The van der Waals surface area contributed by atoms with Crippen LogP contribution in [0, 0.1) is 0 Å². The van der Waals surface area contributed by atoms with E-state index < -0.39 is 17.8 Å². The molecule has 0 bridgehead atoms. The number of nitrogens with one attached hydrogen (secondary N) is 1. The number of fused-ring (bicyclic) bond motifs is 1. The molecule has 0 spiro atoms. The van der Waals surface area contributed by atoms with Gasteiger partial charge in [-0.2, -0.15) is 18.3 Å². The Kier molecular flexibility index (Phi) is 4.33. The van der Waals surface area contributed by atoms with Crippen molar-refractivity contribution < 1.29 is 22.7 Å². The average molecular weight is 440 g/mol. The third-order valence-electron chi connectivity index (χ3n) is 4.28. The second-order valence-electron chi connectivity index (χ2n) is 6.17. The van der Waals surface area contributed by atoms with Crippen molar-refractivity contribution in [3.05, 3.63) is 69.8 Å². The molecule has 9 heteroatoms. The molecular formula is C18H13BrF3N3O2. The largest absolute Gasteiger partial charge is 0.482 e. The minimum Gasteiger partial charge on any atom is -0.482 e. The van der Waals surface area contributed by atoms with Gasteiger partial charge in [0.05, 0.1) is 17.1 Å². The van der Waals surface area contributed by atoms with Crippen molar-refractivity contribution in [2.75, 3.05) is 6.61 Å². The molecule has 1 aromatic heterocycles. The fourth-order valence-corrected chi connectivity index (χ4v) is 3.47. The number of alkyl halides is 3. The van der Waals surface area contributed by atoms with Crippen molar-refractivity contribution in [3.63, 3.8) is 0 Å². The average Bonchev–Trinajstić information content (AvgIpc) is 3.07. The third kappa shape index (κ3) is 3.51. The summed E-state index contributed by atoms with van der Waals surface area (Å²) in [5, 5.41) is 6.48. The van der Waals surface area contributed by atoms with E-state index in [0.29, 0.717) is 29.3 Å². The summed E-state index contributed by atoms with van der Waals surface area (Å²) >= 11 is 3.33. The first kappa shape index (κ1) is 17.8. The van der Waals surface area contributed by atoms with Crippen LogP contribution in [-0.2, 0) is 15.7 Å². The molecule has 1 fully saturated rings. The lowest BCUT2D eigenvalue weighted by atomic mass is 9.94. The first-order valence-electron chi connectivity index (χ1n) is 8.09. The fraction of sp³-hybridized carbons (Fsp3) is 0.222. The number of morpholine rings is 1. The number of hydrogen-bond acceptors (Lipinski definition) is 3. The Morgan fingerprint density at radius 1 is 1.30 bits per heavy atom. The third-order valence-corrected chi connectivity index (χ3v) is 4.78. The molecule has 2 heterocycles. The highest BCUT2D eigenvalue weighted by Gasteiger charge is 2.36. The van der Waals surface area contributed by atoms with Crippen LogP contribution in [0.3, 0.4) is 0 Å². The number of allylic oxidation sites excluding steroid dienone is 2. The van der Waals surface area contributed by atoms with E-state index in [0.717, 1.165) is 10.5 Å². The van der Waals surface area contributed by atoms with Gasteiger partial charge in [0.1, 0.15) is 5.76 Å². The summed E-state index contributed by atoms with van der Waals surface area (Å²) < 4.78 is 47.2. The summed E-state index contributed by atoms with van der Waals surface area (Å²) in [5.74, 6) is -0.153. The smallest absolute Gasteiger partial charge is 0.435 e. The number of carbonyl (C=O) groups excluding carboxylic acids is 1. The fourth-order valence-electron chi connectivity index (χ4n) is 3.08. The van der Waals surface area contributed by atoms with Crippen molar-refractivity contribution in [2.24, 2.45) is 0 Å². The Hall–Kier alpha value is -2.55. The van der Waals surface area contributed by atoms with Crippen LogP contribution in [0.15, 0.2) is 58.4 Å². The zero-order valence-corrected chi connectivity index (χ0v) is 15.3. The monoisotopic (exact) mass is 439 g/mol. The Balaban J connectivity index is 1.79. The lowest BCUT2D eigenvalue weighted by Gasteiger charge is -2.26. The molecule has 1 amide bonds. The lowest BCUT2D eigenvalue weighted by Crippen LogP contribution is -2.35. The van der Waals surface area contributed by atoms with Crippen molar-refractivity contribution >= 4 is 21.8 Å². The van der Waals surface area contributed by atoms with E-state index in [4.69, 9.17) is 4.74 Å². The van der Waals surface area contributed by atoms with Gasteiger partial charge < -0.3 is 10.1 Å². The molecule has 2 aliphatic rings. The SMILES string of the molecule is O=C1COC2=CCC(c3cc(C(F)(F)F)nn3-c3cccc(Br)c3)C=C2N1. The molecule has 140 valence electrons. The van der Waals surface area contributed by atoms with Gasteiger partial charge in [0.15, 0.2) is 12.3 Å². The molecule has 1 saturated heterocycles. The minimum atomic E-state index is -4.56. The number of halogens is 4. The molecule has 5 nitrogen and oxygen atoms in total. The maximum atomic E-state index is 13.3. The number of hydrogen-bond donors (Lipinski definition) is 1. The van der Waals surface area contributed by atoms with E-state index in [1.54, 1.807) is 36.4 Å². The van der Waals surface area contributed by atoms with Crippen LogP contribution in [0.4, 0.5) is 13.2 Å². The predicted octanol–water partition coefficient (Wildman–Crippen LogP) is 4.06. The quantitative estimate of drug-likeness (QED) is 0.767. The molecule has 1 aromatic carbocycles. The van der Waals surface area contributed by atoms with Gasteiger partial charge in [0.2, 0.25) is 0 Å². The van der Waals surface area contributed by atoms with Crippen molar-refractivity contribution in [1.82, 2.24) is 15.1 Å². The van der Waals surface area contributed by atoms with E-state index in [1.165, 1.54) is 4.68 Å². The Morgan fingerprint density at radius 2 is 2.11 bits per heavy atom. The van der Waals surface area contributed by atoms with E-state index in [1.807, 2.05) is 0 Å². The number of benzene rings is 1. The molecular weight excluding hydrogens is 427 g/mol. The first-order chi connectivity index (χ1) is 12.8. The second-order valence-corrected chi connectivity index (χ2v) is 7.09. The number of amides is 1. The zero-order chi connectivity index (χ0) is 19.2. The molecule has 27 heavy (non-hydrogen) atoms. The van der Waals surface area contributed by atoms with Crippen LogP contribution in [0.2, 0.25) is 0 Å². The first-order valence-corrected chi connectivity index (χ1v) is 8.88. The second kappa shape index (κ2) is 6.56. The lowest BCUT2D eigenvalue weighted by molar-refractivity contribution is -0.141. The van der Waals surface area contributed by atoms with Crippen LogP contribution >= 0.6 is 15.9 Å². The van der Waals surface area contributed by atoms with Gasteiger partial charge in [0.25, 0.3) is 5.91 Å². The summed E-state index contributed by atoms with van der Waals surface area (Å²) in [6, 6.07) is 7.94. The number of nitrogens with zero attached hydrogens (tertiary/aromatic N) is 2. The normalized spacial score (nSPS) is 19.6. The van der Waals surface area contributed by atoms with Crippen LogP contribution in [0.5, 0.6) is 0 Å². The van der Waals surface area contributed by atoms with E-state index in [2.05, 4.69) is 26.3 Å². The topological polar surface area (TPSA) is 56.1 Å². The predicted molar refractivity (Wildman–Crippen MR) is 93.9 cm³/mol. The van der Waals surface area contributed by atoms with Gasteiger partial charge in [-0.1, -0.05) is 22.0 Å². The number of rotatable bonds is 2. The molecule has 1 unspecified atom stereocenters. The molecule has 1 atom stereocenters. The summed E-state index contributed by atoms with van der Waals surface area (Å²) in [5.41, 5.74) is 0.391. The van der Waals surface area contributed by atoms with E-state index in [9.17, 15) is 18.0 Å². The van der Waals surface area contributed by atoms with Crippen LogP contribution in [0.25, 0.3) is 5.69 Å². The van der Waals surface area contributed by atoms with Gasteiger partial charge in [-0.25, -0.2) is 4.68 Å². The maximum Gasteiger partial charge on any atom is 0.435 e. The van der Waals surface area contributed by atoms with E-state index in [-0.39, 0.29) is 12.5 Å². The highest BCUT2D eigenvalue weighted by Crippen LogP contribution is 2.36. The highest BCUT2D eigenvalue weighted by atomic mass is 79.9. The number of aromatic nitrogens is 2. The molecule has 4 rings (SSSR count). The minimum absolute atomic E-state index is 0.0674. The Morgan fingerprint density at radius 3 is 2.85 bits per heavy atom. The van der Waals surface area contributed by atoms with Crippen LogP contribution in [0.1, 0.15) is 23.7 Å². The summed E-state index contributed by atoms with van der Waals surface area (Å²) in [6.45, 7) is -0.0674. The van der Waals surface area contributed by atoms with Crippen molar-refractivity contribution in [1.29, 1.82) is 0 Å². The standard InChI is InChI=1S/C18H13BrF3N3O2/c19-11-2-1-3-12(7-11)25-14(8-16(24-25)18(20,21)22)10-4-5-15-13(6-10)23-17(26)9-27-15/h1-3,5-8,10H,4,9H2,(H,23,26). The van der Waals surface area contributed by atoms with Gasteiger partial charge in [-0.05, 0) is 42.8 Å². The molecule has 0 saturated carbocycles. The molecule has 1 N–H and O–H groups in total. The Labute approximate surface area is 160 Å².